The van der Waals surface area contributed by atoms with E-state index in [4.69, 9.17) is 5.11 Å². The van der Waals surface area contributed by atoms with E-state index in [9.17, 15) is 13.2 Å². The van der Waals surface area contributed by atoms with Crippen LogP contribution >= 0.6 is 0 Å². The molecular weight excluding hydrogens is 292 g/mol. The number of aliphatic hydroxyl groups is 1. The fourth-order valence-corrected chi connectivity index (χ4v) is 2.31. The molecule has 6 nitrogen and oxygen atoms in total. The fourth-order valence-electron chi connectivity index (χ4n) is 1.75. The molecule has 0 aliphatic carbocycles. The molecule has 0 radical (unpaired) electrons. The molecule has 0 spiro atoms. The van der Waals surface area contributed by atoms with Crippen LogP contribution in [0.4, 0.5) is 5.69 Å². The van der Waals surface area contributed by atoms with Crippen molar-refractivity contribution in [3.63, 3.8) is 0 Å². The number of rotatable bonds is 8. The summed E-state index contributed by atoms with van der Waals surface area (Å²) < 4.78 is 24.5. The summed E-state index contributed by atoms with van der Waals surface area (Å²) in [6.45, 7) is 2.66. The monoisotopic (exact) mass is 314 g/mol. The van der Waals surface area contributed by atoms with E-state index in [1.807, 2.05) is 6.92 Å². The number of anilines is 1. The zero-order valence-electron chi connectivity index (χ0n) is 12.3. The van der Waals surface area contributed by atoms with E-state index < -0.39 is 10.0 Å². The summed E-state index contributed by atoms with van der Waals surface area (Å²) in [6.07, 6.45) is 2.73. The van der Waals surface area contributed by atoms with E-state index >= 15 is 0 Å². The summed E-state index contributed by atoms with van der Waals surface area (Å²) in [6, 6.07) is 6.23. The topological polar surface area (TPSA) is 95.5 Å². The number of hydrogen-bond acceptors (Lipinski definition) is 4. The van der Waals surface area contributed by atoms with Crippen LogP contribution in [-0.2, 0) is 10.0 Å². The van der Waals surface area contributed by atoms with Crippen LogP contribution in [0.15, 0.2) is 24.3 Å². The third-order valence-corrected chi connectivity index (χ3v) is 3.53. The maximum atomic E-state index is 11.9. The van der Waals surface area contributed by atoms with Gasteiger partial charge in [-0.3, -0.25) is 9.52 Å². The van der Waals surface area contributed by atoms with Crippen LogP contribution in [0.5, 0.6) is 0 Å². The molecule has 0 aliphatic heterocycles. The van der Waals surface area contributed by atoms with Crippen molar-refractivity contribution in [3.8, 4) is 0 Å². The Labute approximate surface area is 125 Å². The van der Waals surface area contributed by atoms with Gasteiger partial charge in [0.25, 0.3) is 5.91 Å². The Kier molecular flexibility index (Phi) is 6.64. The molecule has 0 saturated carbocycles. The highest BCUT2D eigenvalue weighted by molar-refractivity contribution is 7.92. The number of benzene rings is 1. The van der Waals surface area contributed by atoms with Gasteiger partial charge in [0.05, 0.1) is 6.26 Å². The molecule has 0 heterocycles. The van der Waals surface area contributed by atoms with E-state index in [2.05, 4.69) is 10.0 Å². The molecule has 3 N–H and O–H groups in total. The maximum absolute atomic E-state index is 11.9. The predicted octanol–water partition coefficient (Wildman–Crippen LogP) is 1.20. The Balaban J connectivity index is 2.44. The Morgan fingerprint density at radius 3 is 2.43 bits per heavy atom. The number of hydrogen-bond donors (Lipinski definition) is 3. The van der Waals surface area contributed by atoms with Crippen molar-refractivity contribution >= 4 is 21.6 Å². The molecule has 1 rings (SSSR count). The molecule has 0 aliphatic rings. The smallest absolute Gasteiger partial charge is 0.251 e. The number of carbonyl (C=O) groups excluding carboxylic acids is 1. The van der Waals surface area contributed by atoms with E-state index in [1.165, 1.54) is 0 Å². The minimum atomic E-state index is -3.31. The van der Waals surface area contributed by atoms with Gasteiger partial charge in [0, 0.05) is 24.4 Å². The summed E-state index contributed by atoms with van der Waals surface area (Å²) in [5.74, 6) is 0.0424. The molecule has 0 fully saturated rings. The van der Waals surface area contributed by atoms with Crippen LogP contribution in [0.1, 0.15) is 30.1 Å². The lowest BCUT2D eigenvalue weighted by Gasteiger charge is -2.09. The number of aliphatic hydroxyl groups excluding tert-OH is 1. The van der Waals surface area contributed by atoms with Crippen LogP contribution < -0.4 is 10.0 Å². The highest BCUT2D eigenvalue weighted by atomic mass is 32.2. The average molecular weight is 314 g/mol. The Morgan fingerprint density at radius 1 is 1.29 bits per heavy atom. The largest absolute Gasteiger partial charge is 0.396 e. The summed E-state index contributed by atoms with van der Waals surface area (Å²) in [5, 5.41) is 11.7. The fraction of sp³-hybridized carbons (Fsp3) is 0.500. The first-order chi connectivity index (χ1) is 9.81. The first-order valence-electron chi connectivity index (χ1n) is 6.78. The third-order valence-electron chi connectivity index (χ3n) is 2.92. The van der Waals surface area contributed by atoms with Crippen molar-refractivity contribution in [1.82, 2.24) is 5.32 Å². The van der Waals surface area contributed by atoms with E-state index in [0.717, 1.165) is 19.1 Å². The number of amides is 1. The summed E-state index contributed by atoms with van der Waals surface area (Å²) in [4.78, 5) is 11.9. The van der Waals surface area contributed by atoms with Gasteiger partial charge in [-0.05, 0) is 43.0 Å². The Morgan fingerprint density at radius 2 is 1.90 bits per heavy atom. The summed E-state index contributed by atoms with van der Waals surface area (Å²) in [5.41, 5.74) is 0.898. The van der Waals surface area contributed by atoms with Crippen LogP contribution in [0.25, 0.3) is 0 Å². The Bertz CT molecular complexity index is 555. The standard InChI is InChI=1S/C14H22N2O4S/c1-11(10-17)4-3-9-15-14(18)12-5-7-13(8-6-12)16-21(2,19)20/h5-8,11,16-17H,3-4,9-10H2,1-2H3,(H,15,18). The molecule has 1 aromatic carbocycles. The van der Waals surface area contributed by atoms with Crippen LogP contribution in [0.2, 0.25) is 0 Å². The molecule has 1 aromatic rings. The second-order valence-electron chi connectivity index (χ2n) is 5.14. The van der Waals surface area contributed by atoms with Gasteiger partial charge in [0.2, 0.25) is 10.0 Å². The van der Waals surface area contributed by atoms with Gasteiger partial charge in [-0.2, -0.15) is 0 Å². The zero-order chi connectivity index (χ0) is 15.9. The summed E-state index contributed by atoms with van der Waals surface area (Å²) in [7, 11) is -3.31. The maximum Gasteiger partial charge on any atom is 0.251 e. The van der Waals surface area contributed by atoms with Gasteiger partial charge >= 0.3 is 0 Å². The van der Waals surface area contributed by atoms with Crippen LogP contribution in [0, 0.1) is 5.92 Å². The quantitative estimate of drug-likeness (QED) is 0.628. The number of carbonyl (C=O) groups is 1. The van der Waals surface area contributed by atoms with Gasteiger partial charge in [-0.25, -0.2) is 8.42 Å². The van der Waals surface area contributed by atoms with Gasteiger partial charge < -0.3 is 10.4 Å². The second-order valence-corrected chi connectivity index (χ2v) is 6.89. The molecule has 0 saturated heterocycles. The van der Waals surface area contributed by atoms with Crippen molar-refractivity contribution in [3.05, 3.63) is 29.8 Å². The van der Waals surface area contributed by atoms with Gasteiger partial charge in [0.15, 0.2) is 0 Å². The highest BCUT2D eigenvalue weighted by Crippen LogP contribution is 2.11. The highest BCUT2D eigenvalue weighted by Gasteiger charge is 2.07. The van der Waals surface area contributed by atoms with Gasteiger partial charge in [-0.15, -0.1) is 0 Å². The molecule has 0 bridgehead atoms. The molecular formula is C14H22N2O4S. The lowest BCUT2D eigenvalue weighted by molar-refractivity contribution is 0.0952. The minimum absolute atomic E-state index is 0.156. The molecule has 21 heavy (non-hydrogen) atoms. The number of nitrogens with one attached hydrogen (secondary N) is 2. The normalized spacial score (nSPS) is 12.7. The molecule has 7 heteroatoms. The Hall–Kier alpha value is -1.60. The minimum Gasteiger partial charge on any atom is -0.396 e. The molecule has 118 valence electrons. The lowest BCUT2D eigenvalue weighted by Crippen LogP contribution is -2.24. The van der Waals surface area contributed by atoms with Crippen molar-refractivity contribution in [2.45, 2.75) is 19.8 Å². The van der Waals surface area contributed by atoms with E-state index in [-0.39, 0.29) is 18.4 Å². The zero-order valence-corrected chi connectivity index (χ0v) is 13.1. The first kappa shape index (κ1) is 17.5. The molecule has 1 amide bonds. The first-order valence-corrected chi connectivity index (χ1v) is 8.68. The van der Waals surface area contributed by atoms with E-state index in [0.29, 0.717) is 17.8 Å². The van der Waals surface area contributed by atoms with Crippen molar-refractivity contribution in [2.75, 3.05) is 24.1 Å². The second kappa shape index (κ2) is 7.99. The van der Waals surface area contributed by atoms with Crippen molar-refractivity contribution in [2.24, 2.45) is 5.92 Å². The van der Waals surface area contributed by atoms with Gasteiger partial charge in [0.1, 0.15) is 0 Å². The molecule has 1 unspecified atom stereocenters. The lowest BCUT2D eigenvalue weighted by atomic mass is 10.1. The third kappa shape index (κ3) is 7.10. The van der Waals surface area contributed by atoms with Crippen LogP contribution in [-0.4, -0.2) is 38.8 Å². The molecule has 0 aromatic heterocycles. The number of sulfonamides is 1. The van der Waals surface area contributed by atoms with E-state index in [1.54, 1.807) is 24.3 Å². The van der Waals surface area contributed by atoms with Crippen molar-refractivity contribution in [1.29, 1.82) is 0 Å². The van der Waals surface area contributed by atoms with Crippen LogP contribution in [0.3, 0.4) is 0 Å². The SMILES string of the molecule is CC(CO)CCCNC(=O)c1ccc(NS(C)(=O)=O)cc1. The summed E-state index contributed by atoms with van der Waals surface area (Å²) >= 11 is 0. The van der Waals surface area contributed by atoms with Gasteiger partial charge in [-0.1, -0.05) is 6.92 Å². The average Bonchev–Trinajstić information content (AvgIpc) is 2.42. The molecule has 1 atom stereocenters. The predicted molar refractivity (Wildman–Crippen MR) is 82.7 cm³/mol. The van der Waals surface area contributed by atoms with Crippen molar-refractivity contribution < 1.29 is 18.3 Å².